The van der Waals surface area contributed by atoms with Crippen LogP contribution < -0.4 is 20.3 Å². The average Bonchev–Trinajstić information content (AvgIpc) is 3.51. The third-order valence-corrected chi connectivity index (χ3v) is 8.27. The zero-order valence-corrected chi connectivity index (χ0v) is 24.9. The van der Waals surface area contributed by atoms with Crippen LogP contribution in [0.2, 0.25) is 0 Å². The van der Waals surface area contributed by atoms with E-state index in [0.29, 0.717) is 23.0 Å². The maximum Gasteiger partial charge on any atom is 0.224 e. The van der Waals surface area contributed by atoms with Crippen molar-refractivity contribution < 1.29 is 9.53 Å². The molecule has 1 fully saturated rings. The van der Waals surface area contributed by atoms with Crippen molar-refractivity contribution in [3.63, 3.8) is 0 Å². The van der Waals surface area contributed by atoms with Crippen LogP contribution in [0.5, 0.6) is 5.75 Å². The second-order valence-electron chi connectivity index (χ2n) is 10.4. The van der Waals surface area contributed by atoms with Crippen LogP contribution in [0, 0.1) is 13.8 Å². The second kappa shape index (κ2) is 11.3. The summed E-state index contributed by atoms with van der Waals surface area (Å²) in [7, 11) is 1.60. The van der Waals surface area contributed by atoms with E-state index < -0.39 is 0 Å². The molecule has 1 saturated heterocycles. The fourth-order valence-corrected chi connectivity index (χ4v) is 6.33. The van der Waals surface area contributed by atoms with Gasteiger partial charge in [-0.1, -0.05) is 49.4 Å². The van der Waals surface area contributed by atoms with Gasteiger partial charge in [0.2, 0.25) is 5.91 Å². The number of carbonyl (C=O) groups excluding carboxylic acids is 1. The van der Waals surface area contributed by atoms with Crippen molar-refractivity contribution in [3.8, 4) is 11.4 Å². The molecule has 1 aliphatic heterocycles. The van der Waals surface area contributed by atoms with Crippen LogP contribution in [0.1, 0.15) is 48.1 Å². The molecule has 0 spiro atoms. The van der Waals surface area contributed by atoms with Crippen molar-refractivity contribution >= 4 is 45.4 Å². The molecule has 42 heavy (non-hydrogen) atoms. The Labute approximate surface area is 251 Å². The van der Waals surface area contributed by atoms with Gasteiger partial charge >= 0.3 is 0 Å². The van der Waals surface area contributed by atoms with Crippen molar-refractivity contribution in [2.45, 2.75) is 39.3 Å². The Kier molecular flexibility index (Phi) is 7.39. The molecule has 3 aromatic carbocycles. The van der Waals surface area contributed by atoms with Crippen LogP contribution in [0.3, 0.4) is 0 Å². The van der Waals surface area contributed by atoms with Crippen LogP contribution in [0.25, 0.3) is 16.5 Å². The normalized spacial score (nSPS) is 16.5. The number of ether oxygens (including phenoxy) is 1. The number of aryl methyl sites for hydroxylation is 1. The average molecular weight is 576 g/mol. The molecule has 2 aromatic heterocycles. The molecule has 6 rings (SSSR count). The highest BCUT2D eigenvalue weighted by molar-refractivity contribution is 7.80. The van der Waals surface area contributed by atoms with Crippen molar-refractivity contribution in [2.75, 3.05) is 17.3 Å². The SMILES string of the molecule is CCC(=O)Nc1ccc(N2C(=S)N[C@H](c3ccccn3)[C@H]2c2cc(C)n(-c3cccc4ccccc34)c2C)cc1OC. The summed E-state index contributed by atoms with van der Waals surface area (Å²) in [5.41, 5.74) is 6.93. The minimum absolute atomic E-state index is 0.0756. The molecule has 2 N–H and O–H groups in total. The molecule has 0 radical (unpaired) electrons. The van der Waals surface area contributed by atoms with E-state index in [1.807, 2.05) is 49.5 Å². The number of nitrogens with one attached hydrogen (secondary N) is 2. The predicted octanol–water partition coefficient (Wildman–Crippen LogP) is 7.18. The first-order valence-corrected chi connectivity index (χ1v) is 14.5. The third kappa shape index (κ3) is 4.77. The van der Waals surface area contributed by atoms with Gasteiger partial charge in [-0.15, -0.1) is 0 Å². The summed E-state index contributed by atoms with van der Waals surface area (Å²) in [6, 6.07) is 28.5. The highest BCUT2D eigenvalue weighted by Gasteiger charge is 2.42. The van der Waals surface area contributed by atoms with E-state index >= 15 is 0 Å². The Bertz CT molecular complexity index is 1790. The largest absolute Gasteiger partial charge is 0.494 e. The zero-order valence-electron chi connectivity index (χ0n) is 24.1. The fraction of sp³-hybridized carbons (Fsp3) is 0.206. The molecule has 0 aliphatic carbocycles. The van der Waals surface area contributed by atoms with E-state index in [0.717, 1.165) is 34.0 Å². The molecule has 0 bridgehead atoms. The van der Waals surface area contributed by atoms with Gasteiger partial charge in [0, 0.05) is 41.1 Å². The summed E-state index contributed by atoms with van der Waals surface area (Å²) in [5, 5.41) is 9.48. The van der Waals surface area contributed by atoms with Gasteiger partial charge in [0.25, 0.3) is 0 Å². The number of aromatic nitrogens is 2. The van der Waals surface area contributed by atoms with Crippen molar-refractivity contribution in [3.05, 3.63) is 114 Å². The number of amides is 1. The highest BCUT2D eigenvalue weighted by atomic mass is 32.1. The maximum atomic E-state index is 12.1. The monoisotopic (exact) mass is 575 g/mol. The number of carbonyl (C=O) groups is 1. The number of thiocarbonyl (C=S) groups is 1. The van der Waals surface area contributed by atoms with E-state index in [4.69, 9.17) is 21.9 Å². The van der Waals surface area contributed by atoms with E-state index in [1.165, 1.54) is 10.8 Å². The first-order chi connectivity index (χ1) is 20.4. The lowest BCUT2D eigenvalue weighted by Gasteiger charge is -2.29. The lowest BCUT2D eigenvalue weighted by Crippen LogP contribution is -2.29. The zero-order chi connectivity index (χ0) is 29.4. The maximum absolute atomic E-state index is 12.1. The van der Waals surface area contributed by atoms with Crippen LogP contribution in [-0.2, 0) is 4.79 Å². The van der Waals surface area contributed by atoms with E-state index in [1.54, 1.807) is 7.11 Å². The lowest BCUT2D eigenvalue weighted by molar-refractivity contribution is -0.115. The van der Waals surface area contributed by atoms with E-state index in [2.05, 4.69) is 82.5 Å². The van der Waals surface area contributed by atoms with Gasteiger partial charge in [-0.3, -0.25) is 9.78 Å². The second-order valence-corrected chi connectivity index (χ2v) is 10.8. The number of hydrogen-bond acceptors (Lipinski definition) is 4. The lowest BCUT2D eigenvalue weighted by atomic mass is 9.96. The highest BCUT2D eigenvalue weighted by Crippen LogP contribution is 2.45. The number of hydrogen-bond donors (Lipinski definition) is 2. The standard InChI is InChI=1S/C34H33N5O2S/c1-5-31(40)36-27-17-16-24(20-30(27)41-4)39-33(32(37-34(39)42)28-14-8-9-18-35-28)26-19-21(2)38(22(26)3)29-15-10-12-23-11-6-7-13-25(23)29/h6-20,32-33H,5H2,1-4H3,(H,36,40)(H,37,42)/t32-,33-/m1/s1. The number of rotatable bonds is 7. The number of pyridine rings is 1. The summed E-state index contributed by atoms with van der Waals surface area (Å²) < 4.78 is 8.03. The minimum Gasteiger partial charge on any atom is -0.494 e. The first-order valence-electron chi connectivity index (χ1n) is 14.1. The molecule has 2 atom stereocenters. The molecule has 0 unspecified atom stereocenters. The fourth-order valence-electron chi connectivity index (χ4n) is 5.98. The van der Waals surface area contributed by atoms with Crippen molar-refractivity contribution in [1.29, 1.82) is 0 Å². The molecule has 1 amide bonds. The molecular formula is C34H33N5O2S. The quantitative estimate of drug-likeness (QED) is 0.200. The third-order valence-electron chi connectivity index (χ3n) is 7.95. The van der Waals surface area contributed by atoms with Crippen LogP contribution in [0.15, 0.2) is 91.1 Å². The summed E-state index contributed by atoms with van der Waals surface area (Å²) in [6.45, 7) is 6.14. The van der Waals surface area contributed by atoms with E-state index in [-0.39, 0.29) is 18.0 Å². The first kappa shape index (κ1) is 27.5. The molecule has 3 heterocycles. The Balaban J connectivity index is 1.51. The summed E-state index contributed by atoms with van der Waals surface area (Å²) >= 11 is 5.99. The number of nitrogens with zero attached hydrogens (tertiary/aromatic N) is 3. The summed E-state index contributed by atoms with van der Waals surface area (Å²) in [6.07, 6.45) is 2.19. The Morgan fingerprint density at radius 1 is 1.02 bits per heavy atom. The van der Waals surface area contributed by atoms with Gasteiger partial charge in [-0.2, -0.15) is 0 Å². The van der Waals surface area contributed by atoms with Gasteiger partial charge in [0.15, 0.2) is 5.11 Å². The van der Waals surface area contributed by atoms with Crippen LogP contribution in [0.4, 0.5) is 11.4 Å². The van der Waals surface area contributed by atoms with Crippen LogP contribution in [-0.4, -0.2) is 27.7 Å². The molecule has 8 heteroatoms. The van der Waals surface area contributed by atoms with Gasteiger partial charge in [-0.25, -0.2) is 0 Å². The molecule has 5 aromatic rings. The van der Waals surface area contributed by atoms with Gasteiger partial charge in [0.05, 0.1) is 36.3 Å². The molecule has 7 nitrogen and oxygen atoms in total. The smallest absolute Gasteiger partial charge is 0.224 e. The molecule has 212 valence electrons. The molecular weight excluding hydrogens is 542 g/mol. The number of anilines is 2. The number of methoxy groups -OCH3 is 1. The Morgan fingerprint density at radius 2 is 1.81 bits per heavy atom. The molecule has 1 aliphatic rings. The van der Waals surface area contributed by atoms with Crippen molar-refractivity contribution in [2.24, 2.45) is 0 Å². The predicted molar refractivity (Wildman–Crippen MR) is 173 cm³/mol. The van der Waals surface area contributed by atoms with Crippen molar-refractivity contribution in [1.82, 2.24) is 14.9 Å². The topological polar surface area (TPSA) is 71.4 Å². The number of fused-ring (bicyclic) bond motifs is 1. The Morgan fingerprint density at radius 3 is 2.57 bits per heavy atom. The van der Waals surface area contributed by atoms with Gasteiger partial charge in [-0.05, 0) is 73.4 Å². The minimum atomic E-state index is -0.192. The van der Waals surface area contributed by atoms with Crippen LogP contribution >= 0.6 is 12.2 Å². The van der Waals surface area contributed by atoms with Gasteiger partial charge < -0.3 is 24.8 Å². The summed E-state index contributed by atoms with van der Waals surface area (Å²) in [4.78, 5) is 19.0. The molecule has 0 saturated carbocycles. The van der Waals surface area contributed by atoms with Gasteiger partial charge in [0.1, 0.15) is 5.75 Å². The summed E-state index contributed by atoms with van der Waals surface area (Å²) in [5.74, 6) is 0.492. The Hall–Kier alpha value is -4.69. The van der Waals surface area contributed by atoms with E-state index in [9.17, 15) is 4.79 Å². The number of benzene rings is 3.